The molecule has 27 heavy (non-hydrogen) atoms. The van der Waals surface area contributed by atoms with Gasteiger partial charge in [0.2, 0.25) is 0 Å². The predicted octanol–water partition coefficient (Wildman–Crippen LogP) is 5.04. The van der Waals surface area contributed by atoms with Crippen LogP contribution in [0.25, 0.3) is 0 Å². The first-order valence-electron chi connectivity index (χ1n) is 9.28. The number of ether oxygens (including phenoxy) is 2. The third kappa shape index (κ3) is 5.69. The summed E-state index contributed by atoms with van der Waals surface area (Å²) in [6.07, 6.45) is 4.49. The van der Waals surface area contributed by atoms with Crippen molar-refractivity contribution in [1.29, 1.82) is 0 Å². The third-order valence-corrected chi connectivity index (χ3v) is 4.58. The number of nitrogens with one attached hydrogen (secondary N) is 1. The van der Waals surface area contributed by atoms with Gasteiger partial charge in [0.1, 0.15) is 5.75 Å². The van der Waals surface area contributed by atoms with Crippen LogP contribution in [0.3, 0.4) is 0 Å². The molecule has 1 fully saturated rings. The highest BCUT2D eigenvalue weighted by atomic mass is 19.1. The van der Waals surface area contributed by atoms with E-state index in [1.807, 2.05) is 0 Å². The standard InChI is InChI=1S/C21H25FN2O3/c1-24(14-13-17-6-4-5-15-26-17)21(25)23-16-9-11-18(12-10-16)27-20-8-3-2-7-19(20)22/h2-3,7-12,17H,4-6,13-15H2,1H3,(H,23,25)/t17-/m0/s1. The van der Waals surface area contributed by atoms with Crippen molar-refractivity contribution in [3.05, 3.63) is 54.3 Å². The van der Waals surface area contributed by atoms with Gasteiger partial charge in [-0.1, -0.05) is 12.1 Å². The number of halogens is 1. The van der Waals surface area contributed by atoms with Gasteiger partial charge in [-0.15, -0.1) is 0 Å². The lowest BCUT2D eigenvalue weighted by molar-refractivity contribution is 0.00848. The highest BCUT2D eigenvalue weighted by Gasteiger charge is 2.16. The van der Waals surface area contributed by atoms with Gasteiger partial charge in [-0.2, -0.15) is 0 Å². The van der Waals surface area contributed by atoms with Gasteiger partial charge in [0.15, 0.2) is 11.6 Å². The van der Waals surface area contributed by atoms with Crippen molar-refractivity contribution in [2.75, 3.05) is 25.5 Å². The van der Waals surface area contributed by atoms with Gasteiger partial charge >= 0.3 is 6.03 Å². The van der Waals surface area contributed by atoms with E-state index < -0.39 is 5.82 Å². The smallest absolute Gasteiger partial charge is 0.321 e. The Hall–Kier alpha value is -2.60. The number of carbonyl (C=O) groups excluding carboxylic acids is 1. The summed E-state index contributed by atoms with van der Waals surface area (Å²) >= 11 is 0. The first-order valence-corrected chi connectivity index (χ1v) is 9.28. The van der Waals surface area contributed by atoms with E-state index >= 15 is 0 Å². The largest absolute Gasteiger partial charge is 0.454 e. The topological polar surface area (TPSA) is 50.8 Å². The summed E-state index contributed by atoms with van der Waals surface area (Å²) in [5, 5.41) is 2.85. The molecule has 2 amide bonds. The van der Waals surface area contributed by atoms with E-state index in [0.29, 0.717) is 18.0 Å². The van der Waals surface area contributed by atoms with Gasteiger partial charge in [-0.05, 0) is 62.1 Å². The van der Waals surface area contributed by atoms with Gasteiger partial charge in [0.25, 0.3) is 0 Å². The second kappa shape index (κ2) is 9.37. The lowest BCUT2D eigenvalue weighted by atomic mass is 10.1. The van der Waals surface area contributed by atoms with E-state index in [0.717, 1.165) is 25.9 Å². The van der Waals surface area contributed by atoms with Crippen LogP contribution in [0.2, 0.25) is 0 Å². The predicted molar refractivity (Wildman–Crippen MR) is 103 cm³/mol. The second-order valence-corrected chi connectivity index (χ2v) is 6.69. The summed E-state index contributed by atoms with van der Waals surface area (Å²) in [5.74, 6) is 0.248. The summed E-state index contributed by atoms with van der Waals surface area (Å²) in [6.45, 7) is 1.47. The molecule has 0 aromatic heterocycles. The molecule has 0 saturated carbocycles. The van der Waals surface area contributed by atoms with E-state index in [2.05, 4.69) is 5.32 Å². The summed E-state index contributed by atoms with van der Waals surface area (Å²) < 4.78 is 24.8. The third-order valence-electron chi connectivity index (χ3n) is 4.58. The van der Waals surface area contributed by atoms with E-state index in [1.165, 1.54) is 12.5 Å². The first-order chi connectivity index (χ1) is 13.1. The molecule has 0 spiro atoms. The van der Waals surface area contributed by atoms with Crippen molar-refractivity contribution < 1.29 is 18.7 Å². The van der Waals surface area contributed by atoms with Crippen LogP contribution in [0.1, 0.15) is 25.7 Å². The Balaban J connectivity index is 1.48. The Morgan fingerprint density at radius 2 is 2.00 bits per heavy atom. The van der Waals surface area contributed by atoms with E-state index in [9.17, 15) is 9.18 Å². The SMILES string of the molecule is CN(CC[C@@H]1CCCCO1)C(=O)Nc1ccc(Oc2ccccc2F)cc1. The minimum atomic E-state index is -0.418. The number of anilines is 1. The number of hydrogen-bond acceptors (Lipinski definition) is 3. The maximum absolute atomic E-state index is 13.6. The molecule has 0 aliphatic carbocycles. The molecule has 1 N–H and O–H groups in total. The maximum atomic E-state index is 13.6. The molecule has 5 nitrogen and oxygen atoms in total. The van der Waals surface area contributed by atoms with Gasteiger partial charge in [0, 0.05) is 25.9 Å². The van der Waals surface area contributed by atoms with E-state index in [1.54, 1.807) is 54.4 Å². The lowest BCUT2D eigenvalue weighted by Gasteiger charge is -2.25. The summed E-state index contributed by atoms with van der Waals surface area (Å²) in [4.78, 5) is 14.0. The van der Waals surface area contributed by atoms with Crippen molar-refractivity contribution in [1.82, 2.24) is 4.90 Å². The Morgan fingerprint density at radius 1 is 1.22 bits per heavy atom. The van der Waals surface area contributed by atoms with Crippen LogP contribution in [0.4, 0.5) is 14.9 Å². The Kier molecular flexibility index (Phi) is 6.65. The molecule has 1 atom stereocenters. The quantitative estimate of drug-likeness (QED) is 0.773. The number of carbonyl (C=O) groups is 1. The molecule has 0 radical (unpaired) electrons. The molecular weight excluding hydrogens is 347 g/mol. The Bertz CT molecular complexity index is 745. The van der Waals surface area contributed by atoms with Crippen molar-refractivity contribution >= 4 is 11.7 Å². The number of para-hydroxylation sites is 1. The fraction of sp³-hybridized carbons (Fsp3) is 0.381. The highest BCUT2D eigenvalue weighted by molar-refractivity contribution is 5.89. The molecule has 1 saturated heterocycles. The van der Waals surface area contributed by atoms with Crippen LogP contribution in [-0.4, -0.2) is 37.2 Å². The molecule has 144 valence electrons. The zero-order chi connectivity index (χ0) is 19.1. The van der Waals surface area contributed by atoms with Gasteiger partial charge < -0.3 is 19.7 Å². The Labute approximate surface area is 159 Å². The van der Waals surface area contributed by atoms with E-state index in [4.69, 9.17) is 9.47 Å². The molecular formula is C21H25FN2O3. The zero-order valence-electron chi connectivity index (χ0n) is 15.5. The molecule has 1 aliphatic rings. The summed E-state index contributed by atoms with van der Waals surface area (Å²) in [6, 6.07) is 12.9. The molecule has 6 heteroatoms. The second-order valence-electron chi connectivity index (χ2n) is 6.69. The summed E-state index contributed by atoms with van der Waals surface area (Å²) in [7, 11) is 1.77. The van der Waals surface area contributed by atoms with E-state index in [-0.39, 0.29) is 17.9 Å². The number of rotatable bonds is 6. The lowest BCUT2D eigenvalue weighted by Crippen LogP contribution is -2.34. The van der Waals surface area contributed by atoms with Gasteiger partial charge in [-0.3, -0.25) is 0 Å². The minimum absolute atomic E-state index is 0.166. The fourth-order valence-corrected chi connectivity index (χ4v) is 2.95. The Morgan fingerprint density at radius 3 is 2.70 bits per heavy atom. The summed E-state index contributed by atoms with van der Waals surface area (Å²) in [5.41, 5.74) is 0.654. The van der Waals surface area contributed by atoms with Crippen LogP contribution in [0.15, 0.2) is 48.5 Å². The molecule has 1 heterocycles. The molecule has 1 aliphatic heterocycles. The molecule has 2 aromatic carbocycles. The molecule has 0 unspecified atom stereocenters. The van der Waals surface area contributed by atoms with Crippen LogP contribution in [0.5, 0.6) is 11.5 Å². The highest BCUT2D eigenvalue weighted by Crippen LogP contribution is 2.25. The molecule has 0 bridgehead atoms. The van der Waals surface area contributed by atoms with Crippen LogP contribution >= 0.6 is 0 Å². The zero-order valence-corrected chi connectivity index (χ0v) is 15.5. The number of benzene rings is 2. The normalized spacial score (nSPS) is 16.6. The van der Waals surface area contributed by atoms with Gasteiger partial charge in [0.05, 0.1) is 6.10 Å². The number of hydrogen-bond donors (Lipinski definition) is 1. The number of amides is 2. The monoisotopic (exact) mass is 372 g/mol. The molecule has 2 aromatic rings. The number of nitrogens with zero attached hydrogens (tertiary/aromatic N) is 1. The van der Waals surface area contributed by atoms with Crippen molar-refractivity contribution in [3.63, 3.8) is 0 Å². The fourth-order valence-electron chi connectivity index (χ4n) is 2.95. The van der Waals surface area contributed by atoms with Crippen LogP contribution < -0.4 is 10.1 Å². The minimum Gasteiger partial charge on any atom is -0.454 e. The van der Waals surface area contributed by atoms with Crippen LogP contribution in [0, 0.1) is 5.82 Å². The first kappa shape index (κ1) is 19.2. The van der Waals surface area contributed by atoms with Crippen molar-refractivity contribution in [2.24, 2.45) is 0 Å². The van der Waals surface area contributed by atoms with Crippen molar-refractivity contribution in [3.8, 4) is 11.5 Å². The average Bonchev–Trinajstić information content (AvgIpc) is 2.70. The maximum Gasteiger partial charge on any atom is 0.321 e. The average molecular weight is 372 g/mol. The van der Waals surface area contributed by atoms with Crippen molar-refractivity contribution in [2.45, 2.75) is 31.8 Å². The molecule has 3 rings (SSSR count). The van der Waals surface area contributed by atoms with Crippen LogP contribution in [-0.2, 0) is 4.74 Å². The van der Waals surface area contributed by atoms with Gasteiger partial charge in [-0.25, -0.2) is 9.18 Å². The number of urea groups is 1.